The fraction of sp³-hybridized carbons (Fsp3) is 0.350. The number of ether oxygens (including phenoxy) is 2. The number of primary sulfonamides is 1. The monoisotopic (exact) mass is 438 g/mol. The van der Waals surface area contributed by atoms with Crippen molar-refractivity contribution in [3.63, 3.8) is 0 Å². The number of nitrogens with two attached hydrogens (primary N) is 1. The van der Waals surface area contributed by atoms with Crippen LogP contribution in [0.25, 0.3) is 0 Å². The zero-order valence-electron chi connectivity index (χ0n) is 16.5. The maximum atomic E-state index is 12.8. The Kier molecular flexibility index (Phi) is 5.55. The molecule has 2 aromatic rings. The first-order chi connectivity index (χ1) is 13.5. The summed E-state index contributed by atoms with van der Waals surface area (Å²) in [6.07, 6.45) is 0. The van der Waals surface area contributed by atoms with Crippen LogP contribution in [-0.2, 0) is 10.0 Å². The van der Waals surface area contributed by atoms with Crippen molar-refractivity contribution in [2.75, 3.05) is 14.2 Å². The van der Waals surface area contributed by atoms with Crippen LogP contribution < -0.4 is 19.9 Å². The van der Waals surface area contributed by atoms with Crippen LogP contribution in [-0.4, -0.2) is 34.6 Å². The van der Waals surface area contributed by atoms with Crippen LogP contribution in [0.5, 0.6) is 11.5 Å². The fourth-order valence-electron chi connectivity index (χ4n) is 3.72. The van der Waals surface area contributed by atoms with Gasteiger partial charge < -0.3 is 14.8 Å². The molecule has 0 saturated heterocycles. The highest BCUT2D eigenvalue weighted by molar-refractivity contribution is 7.89. The molecule has 0 heterocycles. The van der Waals surface area contributed by atoms with Crippen molar-refractivity contribution in [1.82, 2.24) is 5.32 Å². The molecule has 2 aromatic carbocycles. The summed E-state index contributed by atoms with van der Waals surface area (Å²) in [6.45, 7) is 4.05. The van der Waals surface area contributed by atoms with Crippen molar-refractivity contribution in [1.29, 1.82) is 0 Å². The lowest BCUT2D eigenvalue weighted by molar-refractivity contribution is 0.0943. The van der Waals surface area contributed by atoms with Crippen LogP contribution in [0.2, 0.25) is 5.02 Å². The molecule has 1 amide bonds. The summed E-state index contributed by atoms with van der Waals surface area (Å²) in [5.74, 6) is 0.286. The van der Waals surface area contributed by atoms with Gasteiger partial charge in [-0.2, -0.15) is 0 Å². The van der Waals surface area contributed by atoms with Crippen molar-refractivity contribution < 1.29 is 22.7 Å². The Morgan fingerprint density at radius 1 is 1.10 bits per heavy atom. The fourth-order valence-corrected chi connectivity index (χ4v) is 4.57. The predicted molar refractivity (Wildman–Crippen MR) is 110 cm³/mol. The first-order valence-electron chi connectivity index (χ1n) is 8.86. The van der Waals surface area contributed by atoms with Crippen molar-refractivity contribution in [2.45, 2.75) is 30.7 Å². The van der Waals surface area contributed by atoms with Crippen LogP contribution in [0.4, 0.5) is 0 Å². The minimum Gasteiger partial charge on any atom is -0.496 e. The molecule has 156 valence electrons. The number of rotatable bonds is 6. The Labute approximate surface area is 175 Å². The standard InChI is InChI=1S/C20H23ClN2O5S/c1-20(2)17(11-5-8-16(29(22,25)26)15(9-11)28-4)18(20)23-19(24)13-10-12(21)6-7-14(13)27-3/h5-10,17-18H,1-4H3,(H,23,24)(H2,22,25,26). The minimum absolute atomic E-state index is 0.0277. The van der Waals surface area contributed by atoms with Gasteiger partial charge in [-0.05, 0) is 41.3 Å². The molecule has 0 radical (unpaired) electrons. The molecule has 0 aliphatic heterocycles. The molecule has 29 heavy (non-hydrogen) atoms. The molecule has 7 nitrogen and oxygen atoms in total. The van der Waals surface area contributed by atoms with Gasteiger partial charge in [-0.3, -0.25) is 4.79 Å². The first-order valence-corrected chi connectivity index (χ1v) is 10.8. The molecule has 1 fully saturated rings. The maximum absolute atomic E-state index is 12.8. The third-order valence-electron chi connectivity index (χ3n) is 5.37. The summed E-state index contributed by atoms with van der Waals surface area (Å²) >= 11 is 6.03. The highest BCUT2D eigenvalue weighted by Gasteiger charge is 2.59. The van der Waals surface area contributed by atoms with E-state index in [1.165, 1.54) is 20.3 Å². The van der Waals surface area contributed by atoms with Crippen LogP contribution in [0.3, 0.4) is 0 Å². The Morgan fingerprint density at radius 2 is 1.76 bits per heavy atom. The van der Waals surface area contributed by atoms with E-state index in [2.05, 4.69) is 5.32 Å². The van der Waals surface area contributed by atoms with Crippen LogP contribution in [0, 0.1) is 5.41 Å². The number of amides is 1. The quantitative estimate of drug-likeness (QED) is 0.720. The lowest BCUT2D eigenvalue weighted by Crippen LogP contribution is -2.29. The van der Waals surface area contributed by atoms with Gasteiger partial charge in [-0.25, -0.2) is 13.6 Å². The molecule has 1 aliphatic carbocycles. The van der Waals surface area contributed by atoms with Crippen molar-refractivity contribution in [3.05, 3.63) is 52.5 Å². The normalized spacial score (nSPS) is 20.1. The summed E-state index contributed by atoms with van der Waals surface area (Å²) in [5, 5.41) is 8.71. The highest BCUT2D eigenvalue weighted by Crippen LogP contribution is 2.59. The van der Waals surface area contributed by atoms with E-state index >= 15 is 0 Å². The number of halogens is 1. The van der Waals surface area contributed by atoms with Gasteiger partial charge in [-0.1, -0.05) is 31.5 Å². The summed E-state index contributed by atoms with van der Waals surface area (Å²) in [6, 6.07) is 9.47. The molecule has 9 heteroatoms. The minimum atomic E-state index is -3.90. The number of carbonyl (C=O) groups excluding carboxylic acids is 1. The lowest BCUT2D eigenvalue weighted by Gasteiger charge is -2.11. The van der Waals surface area contributed by atoms with Gasteiger partial charge in [0.05, 0.1) is 19.8 Å². The number of carbonyl (C=O) groups is 1. The summed E-state index contributed by atoms with van der Waals surface area (Å²) in [5.41, 5.74) is 0.960. The van der Waals surface area contributed by atoms with E-state index in [1.807, 2.05) is 13.8 Å². The first kappa shape index (κ1) is 21.4. The second-order valence-electron chi connectivity index (χ2n) is 7.55. The van der Waals surface area contributed by atoms with E-state index in [0.717, 1.165) is 5.56 Å². The molecule has 1 aliphatic rings. The Hall–Kier alpha value is -2.29. The van der Waals surface area contributed by atoms with Crippen molar-refractivity contribution in [3.8, 4) is 11.5 Å². The molecule has 2 unspecified atom stereocenters. The molecular formula is C20H23ClN2O5S. The predicted octanol–water partition coefficient (Wildman–Crippen LogP) is 2.93. The molecular weight excluding hydrogens is 416 g/mol. The van der Waals surface area contributed by atoms with Gasteiger partial charge in [0.25, 0.3) is 5.91 Å². The maximum Gasteiger partial charge on any atom is 0.255 e. The SMILES string of the molecule is COc1ccc(Cl)cc1C(=O)NC1C(c2ccc(S(N)(=O)=O)c(OC)c2)C1(C)C. The van der Waals surface area contributed by atoms with Crippen molar-refractivity contribution >= 4 is 27.5 Å². The molecule has 3 rings (SSSR count). The second kappa shape index (κ2) is 7.51. The average molecular weight is 439 g/mol. The lowest BCUT2D eigenvalue weighted by atomic mass is 10.0. The Morgan fingerprint density at radius 3 is 2.34 bits per heavy atom. The van der Waals surface area contributed by atoms with Gasteiger partial charge in [0.15, 0.2) is 0 Å². The number of sulfonamides is 1. The second-order valence-corrected chi connectivity index (χ2v) is 9.52. The average Bonchev–Trinajstić information content (AvgIpc) is 3.20. The smallest absolute Gasteiger partial charge is 0.255 e. The van der Waals surface area contributed by atoms with E-state index in [-0.39, 0.29) is 33.9 Å². The van der Waals surface area contributed by atoms with Gasteiger partial charge in [0.2, 0.25) is 10.0 Å². The van der Waals surface area contributed by atoms with Crippen molar-refractivity contribution in [2.24, 2.45) is 10.6 Å². The number of methoxy groups -OCH3 is 2. The van der Waals surface area contributed by atoms with Gasteiger partial charge >= 0.3 is 0 Å². The van der Waals surface area contributed by atoms with E-state index in [0.29, 0.717) is 16.3 Å². The number of hydrogen-bond acceptors (Lipinski definition) is 5. The molecule has 0 spiro atoms. The molecule has 3 N–H and O–H groups in total. The topological polar surface area (TPSA) is 108 Å². The van der Waals surface area contributed by atoms with E-state index in [4.69, 9.17) is 26.2 Å². The van der Waals surface area contributed by atoms with Crippen LogP contribution in [0.1, 0.15) is 35.7 Å². The van der Waals surface area contributed by atoms with E-state index < -0.39 is 10.0 Å². The molecule has 1 saturated carbocycles. The number of nitrogens with one attached hydrogen (secondary N) is 1. The highest BCUT2D eigenvalue weighted by atomic mass is 35.5. The van der Waals surface area contributed by atoms with Crippen LogP contribution >= 0.6 is 11.6 Å². The molecule has 0 bridgehead atoms. The number of benzene rings is 2. The third-order valence-corrected chi connectivity index (χ3v) is 6.56. The third kappa shape index (κ3) is 4.05. The van der Waals surface area contributed by atoms with Crippen LogP contribution in [0.15, 0.2) is 41.3 Å². The Balaban J connectivity index is 1.87. The summed E-state index contributed by atoms with van der Waals surface area (Å²) in [4.78, 5) is 12.8. The van der Waals surface area contributed by atoms with E-state index in [1.54, 1.807) is 30.3 Å². The largest absolute Gasteiger partial charge is 0.496 e. The summed E-state index contributed by atoms with van der Waals surface area (Å²) < 4.78 is 33.9. The molecule has 0 aromatic heterocycles. The zero-order chi connectivity index (χ0) is 21.6. The zero-order valence-corrected chi connectivity index (χ0v) is 18.1. The van der Waals surface area contributed by atoms with Gasteiger partial charge in [-0.15, -0.1) is 0 Å². The van der Waals surface area contributed by atoms with Gasteiger partial charge in [0, 0.05) is 17.0 Å². The Bertz CT molecular complexity index is 1070. The van der Waals surface area contributed by atoms with Gasteiger partial charge in [0.1, 0.15) is 16.4 Å². The molecule has 2 atom stereocenters. The number of hydrogen-bond donors (Lipinski definition) is 2. The van der Waals surface area contributed by atoms with E-state index in [9.17, 15) is 13.2 Å². The summed E-state index contributed by atoms with van der Waals surface area (Å²) in [7, 11) is -1.02.